The summed E-state index contributed by atoms with van der Waals surface area (Å²) in [6.45, 7) is -0.544. The first-order valence-electron chi connectivity index (χ1n) is 12.0. The molecule has 2 aromatic carbocycles. The molecule has 40 heavy (non-hydrogen) atoms. The van der Waals surface area contributed by atoms with E-state index in [9.17, 15) is 29.7 Å². The monoisotopic (exact) mass is 636 g/mol. The largest absolute Gasteiger partial charge is 0.445 e. The van der Waals surface area contributed by atoms with Crippen LogP contribution in [0.2, 0.25) is 20.1 Å². The van der Waals surface area contributed by atoms with Gasteiger partial charge in [0, 0.05) is 6.54 Å². The number of hydrogen-bond acceptors (Lipinski definition) is 9. The van der Waals surface area contributed by atoms with E-state index in [2.05, 4.69) is 5.32 Å². The molecule has 2 aromatic rings. The SMILES string of the molecule is O=C(NCCCO[C@@H]1O[C@H](CO)[C@@H](O)[C@H](O)[C@H]1N1C(=O)c2c(Cl)c(Cl)c(Cl)c(Cl)c2C1=O)OCc1ccccc1. The van der Waals surface area contributed by atoms with Gasteiger partial charge in [-0.15, -0.1) is 0 Å². The summed E-state index contributed by atoms with van der Waals surface area (Å²) in [6.07, 6.45) is -6.64. The zero-order valence-corrected chi connectivity index (χ0v) is 23.6. The highest BCUT2D eigenvalue weighted by molar-refractivity contribution is 6.55. The molecule has 0 spiro atoms. The number of carbonyl (C=O) groups excluding carboxylic acids is 3. The summed E-state index contributed by atoms with van der Waals surface area (Å²) in [5, 5.41) is 32.5. The van der Waals surface area contributed by atoms with Crippen LogP contribution in [0.25, 0.3) is 0 Å². The Morgan fingerprint density at radius 1 is 0.950 bits per heavy atom. The number of aliphatic hydroxyl groups is 3. The lowest BCUT2D eigenvalue weighted by atomic mass is 9.95. The normalized spacial score (nSPS) is 24.3. The highest BCUT2D eigenvalue weighted by Gasteiger charge is 2.54. The molecule has 0 aromatic heterocycles. The third kappa shape index (κ3) is 6.03. The second-order valence-electron chi connectivity index (χ2n) is 8.90. The third-order valence-corrected chi connectivity index (χ3v) is 8.17. The van der Waals surface area contributed by atoms with E-state index >= 15 is 0 Å². The van der Waals surface area contributed by atoms with Gasteiger partial charge in [0.15, 0.2) is 6.29 Å². The number of nitrogens with zero attached hydrogens (tertiary/aromatic N) is 1. The number of carbonyl (C=O) groups is 3. The second kappa shape index (κ2) is 13.2. The number of alkyl carbamates (subject to hydrolysis) is 1. The molecular formula is C25H24Cl4N2O9. The van der Waals surface area contributed by atoms with E-state index in [-0.39, 0.29) is 57.4 Å². The van der Waals surface area contributed by atoms with Crippen LogP contribution in [0.1, 0.15) is 32.7 Å². The number of benzene rings is 2. The van der Waals surface area contributed by atoms with Crippen LogP contribution in [-0.4, -0.2) is 88.5 Å². The summed E-state index contributed by atoms with van der Waals surface area (Å²) in [4.78, 5) is 39.3. The summed E-state index contributed by atoms with van der Waals surface area (Å²) >= 11 is 24.5. The van der Waals surface area contributed by atoms with Gasteiger partial charge in [-0.1, -0.05) is 76.7 Å². The van der Waals surface area contributed by atoms with Gasteiger partial charge in [0.05, 0.1) is 44.4 Å². The van der Waals surface area contributed by atoms with E-state index in [0.29, 0.717) is 4.90 Å². The molecule has 15 heteroatoms. The molecule has 0 bridgehead atoms. The maximum Gasteiger partial charge on any atom is 0.407 e. The van der Waals surface area contributed by atoms with E-state index in [0.717, 1.165) is 5.56 Å². The number of amides is 3. The molecule has 0 radical (unpaired) electrons. The molecular weight excluding hydrogens is 614 g/mol. The first-order chi connectivity index (χ1) is 19.1. The maximum absolute atomic E-state index is 13.4. The fourth-order valence-electron chi connectivity index (χ4n) is 4.35. The van der Waals surface area contributed by atoms with Crippen molar-refractivity contribution in [3.05, 3.63) is 67.1 Å². The van der Waals surface area contributed by atoms with Gasteiger partial charge in [0.25, 0.3) is 11.8 Å². The Kier molecular flexibility index (Phi) is 10.1. The number of rotatable bonds is 9. The molecule has 0 aliphatic carbocycles. The van der Waals surface area contributed by atoms with Crippen LogP contribution in [0, 0.1) is 0 Å². The Labute approximate surface area is 248 Å². The number of ether oxygens (including phenoxy) is 3. The Balaban J connectivity index is 1.43. The molecule has 2 aliphatic rings. The van der Waals surface area contributed by atoms with Crippen molar-refractivity contribution in [1.29, 1.82) is 0 Å². The van der Waals surface area contributed by atoms with Gasteiger partial charge in [0.2, 0.25) is 0 Å². The molecule has 4 rings (SSSR count). The van der Waals surface area contributed by atoms with Crippen LogP contribution in [0.3, 0.4) is 0 Å². The van der Waals surface area contributed by atoms with Crippen molar-refractivity contribution in [2.45, 2.75) is 43.7 Å². The van der Waals surface area contributed by atoms with E-state index in [1.807, 2.05) is 30.3 Å². The summed E-state index contributed by atoms with van der Waals surface area (Å²) in [5.74, 6) is -1.94. The standard InChI is InChI=1S/C25H24Cl4N2O9/c26-15-13-14(16(27)18(29)17(15)28)23(36)31(22(13)35)19-21(34)20(33)12(9-32)40-24(19)38-8-4-7-30-25(37)39-10-11-5-2-1-3-6-11/h1-3,5-6,12,19-21,24,32-34H,4,7-10H2,(H,30,37)/t12-,19-,20-,21-,24-/m1/s1. The van der Waals surface area contributed by atoms with E-state index in [4.69, 9.17) is 60.6 Å². The number of aliphatic hydroxyl groups excluding tert-OH is 3. The second-order valence-corrected chi connectivity index (χ2v) is 10.4. The fourth-order valence-corrected chi connectivity index (χ4v) is 5.37. The van der Waals surface area contributed by atoms with Crippen LogP contribution >= 0.6 is 46.4 Å². The molecule has 2 heterocycles. The quantitative estimate of drug-likeness (QED) is 0.141. The lowest BCUT2D eigenvalue weighted by Gasteiger charge is -2.44. The average molecular weight is 638 g/mol. The number of imide groups is 1. The molecule has 3 amide bonds. The Morgan fingerprint density at radius 3 is 2.12 bits per heavy atom. The first-order valence-corrected chi connectivity index (χ1v) is 13.5. The van der Waals surface area contributed by atoms with E-state index in [1.165, 1.54) is 0 Å². The zero-order valence-electron chi connectivity index (χ0n) is 20.6. The highest BCUT2D eigenvalue weighted by atomic mass is 35.5. The minimum Gasteiger partial charge on any atom is -0.445 e. The number of fused-ring (bicyclic) bond motifs is 1. The van der Waals surface area contributed by atoms with Crippen LogP contribution in [0.15, 0.2) is 30.3 Å². The van der Waals surface area contributed by atoms with Crippen molar-refractivity contribution >= 4 is 64.3 Å². The fraction of sp³-hybridized carbons (Fsp3) is 0.400. The minimum absolute atomic E-state index is 0.0799. The lowest BCUT2D eigenvalue weighted by Crippen LogP contribution is -2.65. The Morgan fingerprint density at radius 2 is 1.55 bits per heavy atom. The van der Waals surface area contributed by atoms with Gasteiger partial charge in [-0.3, -0.25) is 14.5 Å². The van der Waals surface area contributed by atoms with Gasteiger partial charge >= 0.3 is 6.09 Å². The van der Waals surface area contributed by atoms with Gasteiger partial charge in [0.1, 0.15) is 31.0 Å². The predicted octanol–water partition coefficient (Wildman–Crippen LogP) is 3.04. The van der Waals surface area contributed by atoms with Crippen LogP contribution in [-0.2, 0) is 20.8 Å². The topological polar surface area (TPSA) is 155 Å². The van der Waals surface area contributed by atoms with Crippen molar-refractivity contribution in [2.75, 3.05) is 19.8 Å². The number of halogens is 4. The Hall–Kier alpha value is -2.19. The van der Waals surface area contributed by atoms with Crippen molar-refractivity contribution in [3.63, 3.8) is 0 Å². The molecule has 2 aliphatic heterocycles. The first kappa shape index (κ1) is 30.8. The van der Waals surface area contributed by atoms with Gasteiger partial charge < -0.3 is 34.8 Å². The zero-order chi connectivity index (χ0) is 29.1. The molecule has 1 saturated heterocycles. The third-order valence-electron chi connectivity index (χ3n) is 6.36. The van der Waals surface area contributed by atoms with Crippen molar-refractivity contribution in [2.24, 2.45) is 0 Å². The van der Waals surface area contributed by atoms with E-state index in [1.54, 1.807) is 0 Å². The highest BCUT2D eigenvalue weighted by Crippen LogP contribution is 2.46. The summed E-state index contributed by atoms with van der Waals surface area (Å²) in [5.41, 5.74) is 0.170. The van der Waals surface area contributed by atoms with Crippen LogP contribution < -0.4 is 5.32 Å². The smallest absolute Gasteiger partial charge is 0.407 e. The van der Waals surface area contributed by atoms with Gasteiger partial charge in [-0.25, -0.2) is 4.79 Å². The molecule has 216 valence electrons. The number of nitrogens with one attached hydrogen (secondary N) is 1. The summed E-state index contributed by atoms with van der Waals surface area (Å²) in [7, 11) is 0. The molecule has 11 nitrogen and oxygen atoms in total. The van der Waals surface area contributed by atoms with Crippen molar-refractivity contribution in [1.82, 2.24) is 10.2 Å². The van der Waals surface area contributed by atoms with Crippen LogP contribution in [0.4, 0.5) is 4.79 Å². The summed E-state index contributed by atoms with van der Waals surface area (Å²) in [6, 6.07) is 7.54. The van der Waals surface area contributed by atoms with Gasteiger partial charge in [-0.2, -0.15) is 0 Å². The number of hydrogen-bond donors (Lipinski definition) is 4. The lowest BCUT2D eigenvalue weighted by molar-refractivity contribution is -0.279. The molecule has 0 saturated carbocycles. The molecule has 4 N–H and O–H groups in total. The van der Waals surface area contributed by atoms with Crippen LogP contribution in [0.5, 0.6) is 0 Å². The van der Waals surface area contributed by atoms with Crippen molar-refractivity contribution < 1.29 is 43.9 Å². The predicted molar refractivity (Wildman–Crippen MR) is 144 cm³/mol. The Bertz CT molecular complexity index is 1240. The average Bonchev–Trinajstić information content (AvgIpc) is 3.21. The van der Waals surface area contributed by atoms with E-state index < -0.39 is 55.2 Å². The maximum atomic E-state index is 13.4. The molecule has 5 atom stereocenters. The van der Waals surface area contributed by atoms with Gasteiger partial charge in [-0.05, 0) is 12.0 Å². The summed E-state index contributed by atoms with van der Waals surface area (Å²) < 4.78 is 16.4. The van der Waals surface area contributed by atoms with Crippen molar-refractivity contribution in [3.8, 4) is 0 Å². The molecule has 0 unspecified atom stereocenters. The molecule has 1 fully saturated rings. The minimum atomic E-state index is -1.78.